The quantitative estimate of drug-likeness (QED) is 0.818. The number of hydrogen-bond acceptors (Lipinski definition) is 2. The van der Waals surface area contributed by atoms with Gasteiger partial charge in [0.2, 0.25) is 5.91 Å². The summed E-state index contributed by atoms with van der Waals surface area (Å²) < 4.78 is 5.91. The van der Waals surface area contributed by atoms with E-state index in [1.54, 1.807) is 0 Å². The van der Waals surface area contributed by atoms with Crippen LogP contribution in [-0.4, -0.2) is 24.2 Å². The SMILES string of the molecule is CC(C)C(=O)N[C@@H](C(C)C)[C@H]1C[C@H]2CC[C@@H]1O2. The predicted molar refractivity (Wildman–Crippen MR) is 67.6 cm³/mol. The van der Waals surface area contributed by atoms with Crippen molar-refractivity contribution in [2.24, 2.45) is 17.8 Å². The Morgan fingerprint density at radius 1 is 1.24 bits per heavy atom. The van der Waals surface area contributed by atoms with Gasteiger partial charge in [-0.05, 0) is 25.2 Å². The largest absolute Gasteiger partial charge is 0.375 e. The minimum absolute atomic E-state index is 0.0655. The van der Waals surface area contributed by atoms with E-state index in [1.807, 2.05) is 13.8 Å². The van der Waals surface area contributed by atoms with E-state index in [-0.39, 0.29) is 17.9 Å². The zero-order chi connectivity index (χ0) is 12.6. The van der Waals surface area contributed by atoms with Crippen LogP contribution in [0.15, 0.2) is 0 Å². The summed E-state index contributed by atoms with van der Waals surface area (Å²) in [5.74, 6) is 1.24. The van der Waals surface area contributed by atoms with Crippen LogP contribution in [0.1, 0.15) is 47.0 Å². The van der Waals surface area contributed by atoms with Crippen LogP contribution in [0.5, 0.6) is 0 Å². The smallest absolute Gasteiger partial charge is 0.222 e. The molecule has 17 heavy (non-hydrogen) atoms. The average molecular weight is 239 g/mol. The second-order valence-electron chi connectivity index (χ2n) is 6.21. The second kappa shape index (κ2) is 4.97. The minimum atomic E-state index is 0.0655. The van der Waals surface area contributed by atoms with Crippen LogP contribution in [0.25, 0.3) is 0 Å². The number of carbonyl (C=O) groups excluding carboxylic acids is 1. The van der Waals surface area contributed by atoms with Crippen molar-refractivity contribution in [2.75, 3.05) is 0 Å². The lowest BCUT2D eigenvalue weighted by Gasteiger charge is -2.32. The van der Waals surface area contributed by atoms with Crippen LogP contribution < -0.4 is 5.32 Å². The van der Waals surface area contributed by atoms with E-state index in [0.29, 0.717) is 24.0 Å². The number of ether oxygens (including phenoxy) is 1. The molecule has 2 bridgehead atoms. The van der Waals surface area contributed by atoms with Crippen molar-refractivity contribution in [1.29, 1.82) is 0 Å². The topological polar surface area (TPSA) is 38.3 Å². The molecular formula is C14H25NO2. The molecule has 2 aliphatic heterocycles. The van der Waals surface area contributed by atoms with Crippen LogP contribution in [0.3, 0.4) is 0 Å². The highest BCUT2D eigenvalue weighted by molar-refractivity contribution is 5.78. The van der Waals surface area contributed by atoms with Crippen LogP contribution in [-0.2, 0) is 9.53 Å². The number of rotatable bonds is 4. The number of amides is 1. The molecule has 0 saturated carbocycles. The third-order valence-electron chi connectivity index (χ3n) is 4.17. The van der Waals surface area contributed by atoms with Crippen molar-refractivity contribution in [3.63, 3.8) is 0 Å². The highest BCUT2D eigenvalue weighted by atomic mass is 16.5. The summed E-state index contributed by atoms with van der Waals surface area (Å²) in [4.78, 5) is 11.9. The fraction of sp³-hybridized carbons (Fsp3) is 0.929. The van der Waals surface area contributed by atoms with Crippen molar-refractivity contribution in [3.05, 3.63) is 0 Å². The molecule has 2 rings (SSSR count). The molecule has 0 unspecified atom stereocenters. The van der Waals surface area contributed by atoms with Crippen molar-refractivity contribution in [3.8, 4) is 0 Å². The molecule has 0 aromatic heterocycles. The molecule has 98 valence electrons. The van der Waals surface area contributed by atoms with Gasteiger partial charge in [0.25, 0.3) is 0 Å². The van der Waals surface area contributed by atoms with E-state index in [4.69, 9.17) is 4.74 Å². The first-order chi connectivity index (χ1) is 7.99. The van der Waals surface area contributed by atoms with Gasteiger partial charge < -0.3 is 10.1 Å². The van der Waals surface area contributed by atoms with Crippen LogP contribution in [0, 0.1) is 17.8 Å². The Morgan fingerprint density at radius 3 is 2.35 bits per heavy atom. The van der Waals surface area contributed by atoms with Crippen molar-refractivity contribution < 1.29 is 9.53 Å². The van der Waals surface area contributed by atoms with Crippen molar-refractivity contribution in [2.45, 2.75) is 65.2 Å². The Kier molecular flexibility index (Phi) is 3.76. The van der Waals surface area contributed by atoms with Gasteiger partial charge in [-0.15, -0.1) is 0 Å². The van der Waals surface area contributed by atoms with Crippen LogP contribution >= 0.6 is 0 Å². The molecule has 0 aliphatic carbocycles. The van der Waals surface area contributed by atoms with Crippen molar-refractivity contribution in [1.82, 2.24) is 5.32 Å². The van der Waals surface area contributed by atoms with E-state index in [1.165, 1.54) is 12.8 Å². The summed E-state index contributed by atoms with van der Waals surface area (Å²) in [6.45, 7) is 8.28. The highest BCUT2D eigenvalue weighted by Gasteiger charge is 2.45. The highest BCUT2D eigenvalue weighted by Crippen LogP contribution is 2.41. The Balaban J connectivity index is 2.00. The molecule has 1 N–H and O–H groups in total. The standard InChI is InChI=1S/C14H25NO2/c1-8(2)13(15-14(16)9(3)4)11-7-10-5-6-12(11)17-10/h8-13H,5-7H2,1-4H3,(H,15,16)/t10-,11+,12+,13+/m1/s1. The maximum absolute atomic E-state index is 11.9. The molecule has 4 atom stereocenters. The fourth-order valence-corrected chi connectivity index (χ4v) is 3.15. The molecule has 1 amide bonds. The average Bonchev–Trinajstić information content (AvgIpc) is 2.86. The molecule has 0 aromatic carbocycles. The Bertz CT molecular complexity index is 288. The Morgan fingerprint density at radius 2 is 1.94 bits per heavy atom. The first-order valence-electron chi connectivity index (χ1n) is 6.95. The van der Waals surface area contributed by atoms with E-state index in [9.17, 15) is 4.79 Å². The molecule has 0 radical (unpaired) electrons. The van der Waals surface area contributed by atoms with Gasteiger partial charge in [0.15, 0.2) is 0 Å². The summed E-state index contributed by atoms with van der Waals surface area (Å²) in [5, 5.41) is 3.22. The lowest BCUT2D eigenvalue weighted by Crippen LogP contribution is -2.48. The normalized spacial score (nSPS) is 33.4. The molecule has 2 fully saturated rings. The first kappa shape index (κ1) is 12.9. The molecule has 0 aromatic rings. The zero-order valence-corrected chi connectivity index (χ0v) is 11.4. The van der Waals surface area contributed by atoms with E-state index in [0.717, 1.165) is 6.42 Å². The van der Waals surface area contributed by atoms with Gasteiger partial charge in [-0.2, -0.15) is 0 Å². The van der Waals surface area contributed by atoms with Gasteiger partial charge in [0.05, 0.1) is 12.2 Å². The summed E-state index contributed by atoms with van der Waals surface area (Å²) in [6.07, 6.45) is 4.37. The third kappa shape index (κ3) is 2.65. The molecule has 3 heteroatoms. The predicted octanol–water partition coefficient (Wildman–Crippen LogP) is 2.35. The van der Waals surface area contributed by atoms with Gasteiger partial charge in [-0.1, -0.05) is 27.7 Å². The van der Waals surface area contributed by atoms with E-state index >= 15 is 0 Å². The van der Waals surface area contributed by atoms with Crippen molar-refractivity contribution >= 4 is 5.91 Å². The van der Waals surface area contributed by atoms with Gasteiger partial charge >= 0.3 is 0 Å². The Hall–Kier alpha value is -0.570. The molecule has 3 nitrogen and oxygen atoms in total. The minimum Gasteiger partial charge on any atom is -0.375 e. The monoisotopic (exact) mass is 239 g/mol. The number of hydrogen-bond donors (Lipinski definition) is 1. The second-order valence-corrected chi connectivity index (χ2v) is 6.21. The third-order valence-corrected chi connectivity index (χ3v) is 4.17. The number of fused-ring (bicyclic) bond motifs is 2. The van der Waals surface area contributed by atoms with Gasteiger partial charge in [0, 0.05) is 17.9 Å². The summed E-state index contributed by atoms with van der Waals surface area (Å²) in [6, 6.07) is 0.278. The van der Waals surface area contributed by atoms with Gasteiger partial charge in [-0.25, -0.2) is 0 Å². The van der Waals surface area contributed by atoms with Gasteiger partial charge in [0.1, 0.15) is 0 Å². The summed E-state index contributed by atoms with van der Waals surface area (Å²) in [7, 11) is 0. The first-order valence-corrected chi connectivity index (χ1v) is 6.95. The molecule has 0 spiro atoms. The molecular weight excluding hydrogens is 214 g/mol. The van der Waals surface area contributed by atoms with Gasteiger partial charge in [-0.3, -0.25) is 4.79 Å². The zero-order valence-electron chi connectivity index (χ0n) is 11.4. The maximum Gasteiger partial charge on any atom is 0.222 e. The number of nitrogens with one attached hydrogen (secondary N) is 1. The maximum atomic E-state index is 11.9. The molecule has 2 aliphatic rings. The lowest BCUT2D eigenvalue weighted by atomic mass is 9.79. The van der Waals surface area contributed by atoms with Crippen LogP contribution in [0.2, 0.25) is 0 Å². The summed E-state index contributed by atoms with van der Waals surface area (Å²) >= 11 is 0. The lowest BCUT2D eigenvalue weighted by molar-refractivity contribution is -0.125. The van der Waals surface area contributed by atoms with Crippen LogP contribution in [0.4, 0.5) is 0 Å². The fourth-order valence-electron chi connectivity index (χ4n) is 3.15. The number of carbonyl (C=O) groups is 1. The molecule has 2 heterocycles. The van der Waals surface area contributed by atoms with E-state index in [2.05, 4.69) is 19.2 Å². The summed E-state index contributed by atoms with van der Waals surface area (Å²) in [5.41, 5.74) is 0. The molecule has 2 saturated heterocycles. The van der Waals surface area contributed by atoms with E-state index < -0.39 is 0 Å². The Labute approximate surface area is 104 Å².